The van der Waals surface area contributed by atoms with E-state index in [1.54, 1.807) is 0 Å². The van der Waals surface area contributed by atoms with Gasteiger partial charge in [-0.3, -0.25) is 0 Å². The SMILES string of the molecule is CC1CCCCCN1CC(C)(C)C. The zero-order chi connectivity index (χ0) is 9.90. The van der Waals surface area contributed by atoms with Crippen LogP contribution < -0.4 is 0 Å². The van der Waals surface area contributed by atoms with E-state index in [1.165, 1.54) is 38.8 Å². The van der Waals surface area contributed by atoms with Crippen molar-refractivity contribution < 1.29 is 0 Å². The molecule has 0 radical (unpaired) electrons. The molecule has 0 aromatic heterocycles. The summed E-state index contributed by atoms with van der Waals surface area (Å²) in [6, 6.07) is 0.807. The summed E-state index contributed by atoms with van der Waals surface area (Å²) in [6.45, 7) is 12.0. The molecule has 1 rings (SSSR count). The maximum Gasteiger partial charge on any atom is 0.00671 e. The third kappa shape index (κ3) is 4.12. The van der Waals surface area contributed by atoms with E-state index in [1.807, 2.05) is 0 Å². The minimum Gasteiger partial charge on any atom is -0.300 e. The van der Waals surface area contributed by atoms with Crippen LogP contribution in [-0.2, 0) is 0 Å². The van der Waals surface area contributed by atoms with Gasteiger partial charge in [-0.2, -0.15) is 0 Å². The van der Waals surface area contributed by atoms with Crippen LogP contribution in [0.2, 0.25) is 0 Å². The van der Waals surface area contributed by atoms with E-state index in [9.17, 15) is 0 Å². The van der Waals surface area contributed by atoms with E-state index in [2.05, 4.69) is 32.6 Å². The Morgan fingerprint density at radius 1 is 1.15 bits per heavy atom. The zero-order valence-electron chi connectivity index (χ0n) is 9.77. The lowest BCUT2D eigenvalue weighted by Gasteiger charge is -2.33. The standard InChI is InChI=1S/C12H25N/c1-11-8-6-5-7-9-13(11)10-12(2,3)4/h11H,5-10H2,1-4H3. The molecule has 0 spiro atoms. The summed E-state index contributed by atoms with van der Waals surface area (Å²) in [5.41, 5.74) is 0.457. The summed E-state index contributed by atoms with van der Waals surface area (Å²) in [4.78, 5) is 2.67. The topological polar surface area (TPSA) is 3.24 Å². The lowest BCUT2D eigenvalue weighted by atomic mass is 9.95. The molecule has 0 aliphatic carbocycles. The van der Waals surface area contributed by atoms with Crippen LogP contribution in [0.15, 0.2) is 0 Å². The van der Waals surface area contributed by atoms with Gasteiger partial charge in [0.05, 0.1) is 0 Å². The van der Waals surface area contributed by atoms with Crippen LogP contribution in [0.4, 0.5) is 0 Å². The van der Waals surface area contributed by atoms with Crippen LogP contribution in [0.25, 0.3) is 0 Å². The predicted octanol–water partition coefficient (Wildman–Crippen LogP) is 3.30. The first-order valence-electron chi connectivity index (χ1n) is 5.73. The van der Waals surface area contributed by atoms with Crippen LogP contribution in [0.1, 0.15) is 53.4 Å². The van der Waals surface area contributed by atoms with Gasteiger partial charge in [0.2, 0.25) is 0 Å². The van der Waals surface area contributed by atoms with Gasteiger partial charge >= 0.3 is 0 Å². The first-order chi connectivity index (χ1) is 5.99. The molecule has 13 heavy (non-hydrogen) atoms. The number of likely N-dealkylation sites (tertiary alicyclic amines) is 1. The second kappa shape index (κ2) is 4.45. The Labute approximate surface area is 83.5 Å². The Kier molecular flexibility index (Phi) is 3.78. The van der Waals surface area contributed by atoms with Crippen molar-refractivity contribution in [1.82, 2.24) is 4.90 Å². The number of hydrogen-bond donors (Lipinski definition) is 0. The fraction of sp³-hybridized carbons (Fsp3) is 1.00. The predicted molar refractivity (Wildman–Crippen MR) is 59.0 cm³/mol. The molecule has 1 fully saturated rings. The van der Waals surface area contributed by atoms with Gasteiger partial charge in [-0.05, 0) is 31.7 Å². The van der Waals surface area contributed by atoms with Gasteiger partial charge in [0.1, 0.15) is 0 Å². The molecule has 1 nitrogen and oxygen atoms in total. The fourth-order valence-corrected chi connectivity index (χ4v) is 2.18. The number of rotatable bonds is 1. The van der Waals surface area contributed by atoms with Crippen molar-refractivity contribution in [2.45, 2.75) is 59.4 Å². The Morgan fingerprint density at radius 3 is 2.46 bits per heavy atom. The van der Waals surface area contributed by atoms with Gasteiger partial charge in [-0.15, -0.1) is 0 Å². The largest absolute Gasteiger partial charge is 0.300 e. The highest BCUT2D eigenvalue weighted by atomic mass is 15.2. The van der Waals surface area contributed by atoms with E-state index in [0.29, 0.717) is 5.41 Å². The Bertz CT molecular complexity index is 146. The van der Waals surface area contributed by atoms with E-state index in [0.717, 1.165) is 6.04 Å². The molecule has 1 aliphatic rings. The first-order valence-corrected chi connectivity index (χ1v) is 5.73. The fourth-order valence-electron chi connectivity index (χ4n) is 2.18. The van der Waals surface area contributed by atoms with Crippen LogP contribution in [0.5, 0.6) is 0 Å². The summed E-state index contributed by atoms with van der Waals surface area (Å²) in [5.74, 6) is 0. The van der Waals surface area contributed by atoms with Gasteiger partial charge in [0.25, 0.3) is 0 Å². The van der Waals surface area contributed by atoms with Crippen LogP contribution >= 0.6 is 0 Å². The minimum absolute atomic E-state index is 0.457. The van der Waals surface area contributed by atoms with Gasteiger partial charge in [-0.25, -0.2) is 0 Å². The molecule has 1 aliphatic heterocycles. The van der Waals surface area contributed by atoms with Crippen molar-refractivity contribution in [3.8, 4) is 0 Å². The average Bonchev–Trinajstić information content (AvgIpc) is 2.14. The second-order valence-corrected chi connectivity index (χ2v) is 5.73. The maximum atomic E-state index is 2.67. The molecule has 1 heteroatoms. The van der Waals surface area contributed by atoms with Gasteiger partial charge in [-0.1, -0.05) is 33.6 Å². The van der Waals surface area contributed by atoms with Gasteiger partial charge in [0.15, 0.2) is 0 Å². The van der Waals surface area contributed by atoms with E-state index >= 15 is 0 Å². The molecule has 0 aromatic carbocycles. The summed E-state index contributed by atoms with van der Waals surface area (Å²) < 4.78 is 0. The lowest BCUT2D eigenvalue weighted by molar-refractivity contribution is 0.150. The Balaban J connectivity index is 2.45. The van der Waals surface area contributed by atoms with Crippen molar-refractivity contribution in [3.05, 3.63) is 0 Å². The monoisotopic (exact) mass is 183 g/mol. The number of hydrogen-bond acceptors (Lipinski definition) is 1. The Hall–Kier alpha value is -0.0400. The lowest BCUT2D eigenvalue weighted by Crippen LogP contribution is -2.38. The summed E-state index contributed by atoms with van der Waals surface area (Å²) >= 11 is 0. The van der Waals surface area contributed by atoms with Crippen LogP contribution in [0.3, 0.4) is 0 Å². The van der Waals surface area contributed by atoms with Crippen molar-refractivity contribution in [2.75, 3.05) is 13.1 Å². The molecule has 0 amide bonds. The maximum absolute atomic E-state index is 2.67. The third-order valence-electron chi connectivity index (χ3n) is 2.87. The first kappa shape index (κ1) is 11.0. The molecular formula is C12H25N. The quantitative estimate of drug-likeness (QED) is 0.603. The molecule has 0 saturated carbocycles. The number of nitrogens with zero attached hydrogens (tertiary/aromatic N) is 1. The summed E-state index contributed by atoms with van der Waals surface area (Å²) in [5, 5.41) is 0. The van der Waals surface area contributed by atoms with E-state index in [4.69, 9.17) is 0 Å². The highest BCUT2D eigenvalue weighted by molar-refractivity contribution is 4.76. The molecule has 0 bridgehead atoms. The van der Waals surface area contributed by atoms with Crippen molar-refractivity contribution >= 4 is 0 Å². The highest BCUT2D eigenvalue weighted by Crippen LogP contribution is 2.22. The summed E-state index contributed by atoms with van der Waals surface area (Å²) in [6.07, 6.45) is 5.67. The molecule has 78 valence electrons. The smallest absolute Gasteiger partial charge is 0.00671 e. The van der Waals surface area contributed by atoms with Crippen molar-refractivity contribution in [1.29, 1.82) is 0 Å². The minimum atomic E-state index is 0.457. The molecule has 0 aromatic rings. The molecule has 1 saturated heterocycles. The summed E-state index contributed by atoms with van der Waals surface area (Å²) in [7, 11) is 0. The molecular weight excluding hydrogens is 158 g/mol. The normalized spacial score (nSPS) is 27.2. The Morgan fingerprint density at radius 2 is 1.85 bits per heavy atom. The van der Waals surface area contributed by atoms with Gasteiger partial charge in [0, 0.05) is 12.6 Å². The van der Waals surface area contributed by atoms with Crippen LogP contribution in [0, 0.1) is 5.41 Å². The molecule has 0 N–H and O–H groups in total. The van der Waals surface area contributed by atoms with E-state index < -0.39 is 0 Å². The van der Waals surface area contributed by atoms with Gasteiger partial charge < -0.3 is 4.90 Å². The van der Waals surface area contributed by atoms with E-state index in [-0.39, 0.29) is 0 Å². The molecule has 1 heterocycles. The highest BCUT2D eigenvalue weighted by Gasteiger charge is 2.21. The molecule has 1 unspecified atom stereocenters. The van der Waals surface area contributed by atoms with Crippen molar-refractivity contribution in [3.63, 3.8) is 0 Å². The zero-order valence-corrected chi connectivity index (χ0v) is 9.77. The molecule has 1 atom stereocenters. The third-order valence-corrected chi connectivity index (χ3v) is 2.87. The second-order valence-electron chi connectivity index (χ2n) is 5.73. The van der Waals surface area contributed by atoms with Crippen LogP contribution in [-0.4, -0.2) is 24.0 Å². The van der Waals surface area contributed by atoms with Crippen molar-refractivity contribution in [2.24, 2.45) is 5.41 Å². The average molecular weight is 183 g/mol.